The zero-order chi connectivity index (χ0) is 19.1. The Hall–Kier alpha value is -2.62. The third-order valence-electron chi connectivity index (χ3n) is 4.42. The van der Waals surface area contributed by atoms with Crippen LogP contribution in [0, 0.1) is 6.92 Å². The van der Waals surface area contributed by atoms with Gasteiger partial charge in [0.05, 0.1) is 0 Å². The minimum Gasteiger partial charge on any atom is -0.352 e. The number of nitrogens with zero attached hydrogens (tertiary/aromatic N) is 1. The third-order valence-corrected chi connectivity index (χ3v) is 4.42. The van der Waals surface area contributed by atoms with Crippen molar-refractivity contribution in [3.05, 3.63) is 65.2 Å². The quantitative estimate of drug-likeness (QED) is 0.813. The molecule has 2 aromatic rings. The summed E-state index contributed by atoms with van der Waals surface area (Å²) in [5.41, 5.74) is 4.32. The molecule has 2 aromatic carbocycles. The van der Waals surface area contributed by atoms with Gasteiger partial charge in [-0.1, -0.05) is 55.8 Å². The summed E-state index contributed by atoms with van der Waals surface area (Å²) in [4.78, 5) is 25.8. The molecule has 4 nitrogen and oxygen atoms in total. The normalized spacial score (nSPS) is 10.7. The van der Waals surface area contributed by atoms with E-state index in [2.05, 4.69) is 19.2 Å². The predicted molar refractivity (Wildman–Crippen MR) is 106 cm³/mol. The highest BCUT2D eigenvalue weighted by Crippen LogP contribution is 2.20. The Kier molecular flexibility index (Phi) is 6.96. The lowest BCUT2D eigenvalue weighted by Crippen LogP contribution is -2.33. The molecule has 0 heterocycles. The van der Waals surface area contributed by atoms with Gasteiger partial charge in [-0.15, -0.1) is 0 Å². The van der Waals surface area contributed by atoms with E-state index in [4.69, 9.17) is 0 Å². The molecule has 0 saturated carbocycles. The number of carbonyl (C=O) groups excluding carboxylic acids is 2. The lowest BCUT2D eigenvalue weighted by Gasteiger charge is -2.21. The van der Waals surface area contributed by atoms with Gasteiger partial charge >= 0.3 is 0 Å². The third kappa shape index (κ3) is 5.73. The molecule has 2 rings (SSSR count). The van der Waals surface area contributed by atoms with E-state index in [1.165, 1.54) is 18.1 Å². The van der Waals surface area contributed by atoms with Gasteiger partial charge in [-0.3, -0.25) is 9.59 Å². The highest BCUT2D eigenvalue weighted by Gasteiger charge is 2.13. The molecule has 0 radical (unpaired) electrons. The first-order chi connectivity index (χ1) is 12.4. The average Bonchev–Trinajstić information content (AvgIpc) is 2.61. The van der Waals surface area contributed by atoms with Gasteiger partial charge < -0.3 is 10.2 Å². The molecule has 4 heteroatoms. The number of aryl methyl sites for hydroxylation is 1. The van der Waals surface area contributed by atoms with Crippen LogP contribution < -0.4 is 10.2 Å². The summed E-state index contributed by atoms with van der Waals surface area (Å²) in [5.74, 6) is 0.326. The van der Waals surface area contributed by atoms with Crippen molar-refractivity contribution in [2.75, 3.05) is 11.4 Å². The highest BCUT2D eigenvalue weighted by atomic mass is 16.2. The van der Waals surface area contributed by atoms with E-state index in [1.807, 2.05) is 55.5 Å². The van der Waals surface area contributed by atoms with Gasteiger partial charge in [0.15, 0.2) is 0 Å². The summed E-state index contributed by atoms with van der Waals surface area (Å²) < 4.78 is 0. The fraction of sp³-hybridized carbons (Fsp3) is 0.364. The summed E-state index contributed by atoms with van der Waals surface area (Å²) in [6.07, 6.45) is 0.275. The van der Waals surface area contributed by atoms with E-state index < -0.39 is 0 Å². The van der Waals surface area contributed by atoms with Crippen LogP contribution in [0.3, 0.4) is 0 Å². The van der Waals surface area contributed by atoms with Gasteiger partial charge in [0.1, 0.15) is 0 Å². The number of benzene rings is 2. The Balaban J connectivity index is 1.90. The van der Waals surface area contributed by atoms with Crippen LogP contribution in [0.2, 0.25) is 0 Å². The SMILES string of the molecule is CC(=O)N(CCC(=O)NCc1ccc(C)cc1)c1ccc(C(C)C)cc1. The molecule has 0 aliphatic rings. The first-order valence-electron chi connectivity index (χ1n) is 9.07. The molecule has 0 fully saturated rings. The van der Waals surface area contributed by atoms with Crippen LogP contribution in [-0.4, -0.2) is 18.4 Å². The van der Waals surface area contributed by atoms with Crippen LogP contribution >= 0.6 is 0 Å². The van der Waals surface area contributed by atoms with Gasteiger partial charge in [-0.05, 0) is 36.1 Å². The maximum atomic E-state index is 12.1. The molecular weight excluding hydrogens is 324 g/mol. The van der Waals surface area contributed by atoms with E-state index in [0.29, 0.717) is 19.0 Å². The molecule has 0 atom stereocenters. The Morgan fingerprint density at radius 2 is 1.62 bits per heavy atom. The summed E-state index contributed by atoms with van der Waals surface area (Å²) in [6.45, 7) is 8.71. The average molecular weight is 352 g/mol. The van der Waals surface area contributed by atoms with E-state index in [-0.39, 0.29) is 18.2 Å². The zero-order valence-electron chi connectivity index (χ0n) is 16.1. The molecule has 0 spiro atoms. The standard InChI is InChI=1S/C22H28N2O2/c1-16(2)20-9-11-21(12-10-20)24(18(4)25)14-13-22(26)23-15-19-7-5-17(3)6-8-19/h5-12,16H,13-15H2,1-4H3,(H,23,26). The topological polar surface area (TPSA) is 49.4 Å². The second-order valence-corrected chi connectivity index (χ2v) is 6.93. The van der Waals surface area contributed by atoms with Crippen molar-refractivity contribution in [1.82, 2.24) is 5.32 Å². The van der Waals surface area contributed by atoms with Crippen LogP contribution in [-0.2, 0) is 16.1 Å². The van der Waals surface area contributed by atoms with Crippen molar-refractivity contribution >= 4 is 17.5 Å². The predicted octanol–water partition coefficient (Wildman–Crippen LogP) is 4.18. The lowest BCUT2D eigenvalue weighted by atomic mass is 10.0. The molecule has 2 amide bonds. The largest absolute Gasteiger partial charge is 0.352 e. The Morgan fingerprint density at radius 3 is 2.15 bits per heavy atom. The fourth-order valence-electron chi connectivity index (χ4n) is 2.72. The number of carbonyl (C=O) groups is 2. The van der Waals surface area contributed by atoms with Crippen molar-refractivity contribution in [2.45, 2.75) is 46.6 Å². The van der Waals surface area contributed by atoms with Crippen LogP contribution in [0.1, 0.15) is 49.8 Å². The number of amides is 2. The molecular formula is C22H28N2O2. The van der Waals surface area contributed by atoms with Crippen LogP contribution in [0.15, 0.2) is 48.5 Å². The van der Waals surface area contributed by atoms with Gasteiger partial charge in [-0.2, -0.15) is 0 Å². The molecule has 0 bridgehead atoms. The molecule has 0 aliphatic heterocycles. The molecule has 0 unspecified atom stereocenters. The smallest absolute Gasteiger partial charge is 0.223 e. The maximum Gasteiger partial charge on any atom is 0.223 e. The van der Waals surface area contributed by atoms with Crippen molar-refractivity contribution in [1.29, 1.82) is 0 Å². The number of anilines is 1. The monoisotopic (exact) mass is 352 g/mol. The Morgan fingerprint density at radius 1 is 1.00 bits per heavy atom. The summed E-state index contributed by atoms with van der Waals surface area (Å²) >= 11 is 0. The van der Waals surface area contributed by atoms with E-state index in [0.717, 1.165) is 11.3 Å². The minimum absolute atomic E-state index is 0.0596. The van der Waals surface area contributed by atoms with Gasteiger partial charge in [0.25, 0.3) is 0 Å². The molecule has 0 aliphatic carbocycles. The zero-order valence-corrected chi connectivity index (χ0v) is 16.1. The molecule has 26 heavy (non-hydrogen) atoms. The van der Waals surface area contributed by atoms with E-state index in [9.17, 15) is 9.59 Å². The fourth-order valence-corrected chi connectivity index (χ4v) is 2.72. The minimum atomic E-state index is -0.0615. The van der Waals surface area contributed by atoms with Gasteiger partial charge in [0.2, 0.25) is 11.8 Å². The number of nitrogens with one attached hydrogen (secondary N) is 1. The van der Waals surface area contributed by atoms with Crippen molar-refractivity contribution in [3.63, 3.8) is 0 Å². The van der Waals surface area contributed by atoms with Gasteiger partial charge in [-0.25, -0.2) is 0 Å². The lowest BCUT2D eigenvalue weighted by molar-refractivity contribution is -0.121. The van der Waals surface area contributed by atoms with Crippen molar-refractivity contribution < 1.29 is 9.59 Å². The highest BCUT2D eigenvalue weighted by molar-refractivity contribution is 5.92. The Bertz CT molecular complexity index is 734. The van der Waals surface area contributed by atoms with Crippen molar-refractivity contribution in [3.8, 4) is 0 Å². The number of hydrogen-bond acceptors (Lipinski definition) is 2. The van der Waals surface area contributed by atoms with Crippen LogP contribution in [0.5, 0.6) is 0 Å². The molecule has 138 valence electrons. The molecule has 0 saturated heterocycles. The first-order valence-corrected chi connectivity index (χ1v) is 9.07. The molecule has 0 aromatic heterocycles. The van der Waals surface area contributed by atoms with E-state index in [1.54, 1.807) is 4.90 Å². The summed E-state index contributed by atoms with van der Waals surface area (Å²) in [5, 5.41) is 2.91. The summed E-state index contributed by atoms with van der Waals surface area (Å²) in [6, 6.07) is 16.0. The second-order valence-electron chi connectivity index (χ2n) is 6.93. The Labute approximate surface area is 156 Å². The molecule has 1 N–H and O–H groups in total. The van der Waals surface area contributed by atoms with Gasteiger partial charge in [0, 0.05) is 32.1 Å². The van der Waals surface area contributed by atoms with Crippen LogP contribution in [0.25, 0.3) is 0 Å². The van der Waals surface area contributed by atoms with Crippen molar-refractivity contribution in [2.24, 2.45) is 0 Å². The van der Waals surface area contributed by atoms with Crippen LogP contribution in [0.4, 0.5) is 5.69 Å². The maximum absolute atomic E-state index is 12.1. The second kappa shape index (κ2) is 9.18. The summed E-state index contributed by atoms with van der Waals surface area (Å²) in [7, 11) is 0. The first kappa shape index (κ1) is 19.7. The number of hydrogen-bond donors (Lipinski definition) is 1. The van der Waals surface area contributed by atoms with E-state index >= 15 is 0 Å². The number of rotatable bonds is 7.